The molecule has 24 heavy (non-hydrogen) atoms. The summed E-state index contributed by atoms with van der Waals surface area (Å²) in [6, 6.07) is 7.39. The average Bonchev–Trinajstić information content (AvgIpc) is 3.04. The van der Waals surface area contributed by atoms with Gasteiger partial charge in [-0.1, -0.05) is 0 Å². The molecule has 128 valence electrons. The number of nitrogens with zero attached hydrogens (tertiary/aromatic N) is 2. The second kappa shape index (κ2) is 6.96. The molecule has 2 atom stereocenters. The molecule has 2 N–H and O–H groups in total. The molecule has 1 aromatic heterocycles. The van der Waals surface area contributed by atoms with Gasteiger partial charge in [-0.25, -0.2) is 0 Å². The Kier molecular flexibility index (Phi) is 4.93. The molecule has 0 aliphatic carbocycles. The molecule has 0 bridgehead atoms. The highest BCUT2D eigenvalue weighted by Gasteiger charge is 2.31. The van der Waals surface area contributed by atoms with Gasteiger partial charge in [0, 0.05) is 17.7 Å². The minimum Gasteiger partial charge on any atom is -0.497 e. The molecule has 2 aromatic rings. The Morgan fingerprint density at radius 3 is 2.88 bits per heavy atom. The number of pyridine rings is 1. The number of aromatic nitrogens is 1. The van der Waals surface area contributed by atoms with Gasteiger partial charge >= 0.3 is 5.97 Å². The summed E-state index contributed by atoms with van der Waals surface area (Å²) in [5.74, 6) is 0.533. The van der Waals surface area contributed by atoms with Gasteiger partial charge in [0.25, 0.3) is 0 Å². The number of carboxylic acid groups (broad SMARTS) is 1. The maximum atomic E-state index is 11.2. The van der Waals surface area contributed by atoms with Gasteiger partial charge in [-0.05, 0) is 43.9 Å². The van der Waals surface area contributed by atoms with Crippen LogP contribution in [0.1, 0.15) is 16.6 Å². The van der Waals surface area contributed by atoms with Crippen LogP contribution >= 0.6 is 11.8 Å². The van der Waals surface area contributed by atoms with Crippen LogP contribution in [0.5, 0.6) is 5.75 Å². The first-order valence-electron chi connectivity index (χ1n) is 7.70. The number of thioether (sulfide) groups is 1. The van der Waals surface area contributed by atoms with E-state index in [0.717, 1.165) is 34.5 Å². The lowest BCUT2D eigenvalue weighted by atomic mass is 10.1. The molecule has 1 aliphatic rings. The number of carbonyl (C=O) groups is 1. The van der Waals surface area contributed by atoms with Crippen LogP contribution in [-0.2, 0) is 11.3 Å². The molecule has 1 unspecified atom stereocenters. The van der Waals surface area contributed by atoms with Crippen LogP contribution < -0.4 is 10.1 Å². The summed E-state index contributed by atoms with van der Waals surface area (Å²) < 4.78 is 5.33. The first-order chi connectivity index (χ1) is 11.5. The quantitative estimate of drug-likeness (QED) is 0.858. The fourth-order valence-electron chi connectivity index (χ4n) is 2.81. The van der Waals surface area contributed by atoms with Crippen molar-refractivity contribution in [3.8, 4) is 5.75 Å². The Morgan fingerprint density at radius 2 is 2.25 bits per heavy atom. The number of hydrogen-bond acceptors (Lipinski definition) is 6. The Bertz CT molecular complexity index is 766. The Hall–Kier alpha value is -1.83. The third-order valence-electron chi connectivity index (χ3n) is 3.96. The second-order valence-corrected chi connectivity index (χ2v) is 7.24. The zero-order chi connectivity index (χ0) is 17.3. The van der Waals surface area contributed by atoms with E-state index < -0.39 is 12.0 Å². The molecule has 7 heteroatoms. The van der Waals surface area contributed by atoms with Crippen molar-refractivity contribution in [2.45, 2.75) is 18.0 Å². The number of ether oxygens (including phenoxy) is 1. The number of aliphatic carboxylic acids is 1. The van der Waals surface area contributed by atoms with Crippen LogP contribution in [0, 0.1) is 0 Å². The number of rotatable bonds is 5. The molecule has 3 rings (SSSR count). The number of fused-ring (bicyclic) bond motifs is 1. The van der Waals surface area contributed by atoms with Crippen LogP contribution in [-0.4, -0.2) is 54.0 Å². The van der Waals surface area contributed by atoms with E-state index in [1.165, 1.54) is 0 Å². The van der Waals surface area contributed by atoms with Crippen LogP contribution in [0.15, 0.2) is 24.3 Å². The third-order valence-corrected chi connectivity index (χ3v) is 5.19. The molecule has 1 aliphatic heterocycles. The topological polar surface area (TPSA) is 74.7 Å². The van der Waals surface area contributed by atoms with Crippen molar-refractivity contribution in [1.82, 2.24) is 15.2 Å². The van der Waals surface area contributed by atoms with E-state index in [9.17, 15) is 4.79 Å². The maximum absolute atomic E-state index is 11.2. The highest BCUT2D eigenvalue weighted by Crippen LogP contribution is 2.34. The SMILES string of the molecule is COc1ccc2nc(C3N[C@@H](C(=O)O)CS3)cc(CN(C)C)c2c1. The monoisotopic (exact) mass is 347 g/mol. The Labute approximate surface area is 145 Å². The van der Waals surface area contributed by atoms with E-state index in [1.807, 2.05) is 32.3 Å². The van der Waals surface area contributed by atoms with E-state index in [0.29, 0.717) is 5.75 Å². The lowest BCUT2D eigenvalue weighted by Crippen LogP contribution is -2.33. The fraction of sp³-hybridized carbons (Fsp3) is 0.412. The standard InChI is InChI=1S/C17H21N3O3S/c1-20(2)8-10-6-14(16-19-15(9-24-16)17(21)22)18-13-5-4-11(23-3)7-12(10)13/h4-7,15-16,19H,8-9H2,1-3H3,(H,21,22)/t15-,16?/m1/s1. The van der Waals surface area contributed by atoms with Crippen molar-refractivity contribution < 1.29 is 14.6 Å². The molecule has 2 heterocycles. The summed E-state index contributed by atoms with van der Waals surface area (Å²) in [6.07, 6.45) is 0. The molecule has 0 amide bonds. The highest BCUT2D eigenvalue weighted by atomic mass is 32.2. The zero-order valence-corrected chi connectivity index (χ0v) is 14.8. The van der Waals surface area contributed by atoms with E-state index in [-0.39, 0.29) is 5.37 Å². The molecule has 0 radical (unpaired) electrons. The molecular formula is C17H21N3O3S. The summed E-state index contributed by atoms with van der Waals surface area (Å²) in [4.78, 5) is 18.0. The van der Waals surface area contributed by atoms with Gasteiger partial charge in [-0.2, -0.15) is 0 Å². The summed E-state index contributed by atoms with van der Waals surface area (Å²) in [5, 5.41) is 13.3. The normalized spacial score (nSPS) is 20.7. The van der Waals surface area contributed by atoms with Gasteiger partial charge in [0.2, 0.25) is 0 Å². The lowest BCUT2D eigenvalue weighted by molar-refractivity contribution is -0.138. The minimum absolute atomic E-state index is 0.0986. The zero-order valence-electron chi connectivity index (χ0n) is 13.9. The summed E-state index contributed by atoms with van der Waals surface area (Å²) >= 11 is 1.58. The van der Waals surface area contributed by atoms with Gasteiger partial charge in [-0.15, -0.1) is 11.8 Å². The molecule has 0 saturated carbocycles. The van der Waals surface area contributed by atoms with E-state index >= 15 is 0 Å². The van der Waals surface area contributed by atoms with Crippen molar-refractivity contribution in [3.63, 3.8) is 0 Å². The predicted molar refractivity (Wildman–Crippen MR) is 95.4 cm³/mol. The van der Waals surface area contributed by atoms with Crippen molar-refractivity contribution in [2.24, 2.45) is 0 Å². The van der Waals surface area contributed by atoms with E-state index in [1.54, 1.807) is 18.9 Å². The first kappa shape index (κ1) is 17.0. The number of benzene rings is 1. The van der Waals surface area contributed by atoms with Crippen LogP contribution in [0.4, 0.5) is 0 Å². The molecular weight excluding hydrogens is 326 g/mol. The second-order valence-electron chi connectivity index (χ2n) is 6.10. The molecule has 1 fully saturated rings. The lowest BCUT2D eigenvalue weighted by Gasteiger charge is -2.17. The number of nitrogens with one attached hydrogen (secondary N) is 1. The van der Waals surface area contributed by atoms with E-state index in [2.05, 4.69) is 16.3 Å². The number of carboxylic acids is 1. The molecule has 0 spiro atoms. The van der Waals surface area contributed by atoms with Crippen molar-refractivity contribution in [3.05, 3.63) is 35.5 Å². The van der Waals surface area contributed by atoms with Crippen LogP contribution in [0.3, 0.4) is 0 Å². The molecule has 1 aromatic carbocycles. The smallest absolute Gasteiger partial charge is 0.321 e. The summed E-state index contributed by atoms with van der Waals surface area (Å²) in [5.41, 5.74) is 2.92. The van der Waals surface area contributed by atoms with Gasteiger partial charge in [0.1, 0.15) is 11.8 Å². The maximum Gasteiger partial charge on any atom is 0.321 e. The van der Waals surface area contributed by atoms with Gasteiger partial charge < -0.3 is 14.7 Å². The van der Waals surface area contributed by atoms with Crippen molar-refractivity contribution >= 4 is 28.6 Å². The van der Waals surface area contributed by atoms with E-state index in [4.69, 9.17) is 14.8 Å². The Morgan fingerprint density at radius 1 is 1.46 bits per heavy atom. The highest BCUT2D eigenvalue weighted by molar-refractivity contribution is 7.99. The largest absolute Gasteiger partial charge is 0.497 e. The summed E-state index contributed by atoms with van der Waals surface area (Å²) in [7, 11) is 5.70. The third kappa shape index (κ3) is 3.48. The van der Waals surface area contributed by atoms with Crippen LogP contribution in [0.2, 0.25) is 0 Å². The predicted octanol–water partition coefficient (Wildman–Crippen LogP) is 2.09. The molecule has 6 nitrogen and oxygen atoms in total. The van der Waals surface area contributed by atoms with Crippen molar-refractivity contribution in [2.75, 3.05) is 27.0 Å². The fourth-order valence-corrected chi connectivity index (χ4v) is 3.99. The van der Waals surface area contributed by atoms with Gasteiger partial charge in [0.05, 0.1) is 23.7 Å². The van der Waals surface area contributed by atoms with Crippen LogP contribution in [0.25, 0.3) is 10.9 Å². The first-order valence-corrected chi connectivity index (χ1v) is 8.75. The van der Waals surface area contributed by atoms with Crippen molar-refractivity contribution in [1.29, 1.82) is 0 Å². The number of methoxy groups -OCH3 is 1. The van der Waals surface area contributed by atoms with Gasteiger partial charge in [-0.3, -0.25) is 15.1 Å². The molecule has 1 saturated heterocycles. The number of hydrogen-bond donors (Lipinski definition) is 2. The minimum atomic E-state index is -0.816. The average molecular weight is 347 g/mol. The Balaban J connectivity index is 2.02. The summed E-state index contributed by atoms with van der Waals surface area (Å²) in [6.45, 7) is 0.777. The van der Waals surface area contributed by atoms with Gasteiger partial charge in [0.15, 0.2) is 0 Å².